The van der Waals surface area contributed by atoms with Gasteiger partial charge in [0, 0.05) is 0 Å². The predicted molar refractivity (Wildman–Crippen MR) is 38.1 cm³/mol. The van der Waals surface area contributed by atoms with Crippen LogP contribution in [-0.2, 0) is 0 Å². The highest BCUT2D eigenvalue weighted by molar-refractivity contribution is 5.79. The van der Waals surface area contributed by atoms with Gasteiger partial charge in [0.1, 0.15) is 0 Å². The molecule has 0 bridgehead atoms. The van der Waals surface area contributed by atoms with E-state index in [1.54, 1.807) is 0 Å². The molecule has 0 aliphatic heterocycles. The summed E-state index contributed by atoms with van der Waals surface area (Å²) in [6.07, 6.45) is 4.83. The van der Waals surface area contributed by atoms with Crippen molar-refractivity contribution in [2.45, 2.75) is 0 Å². The number of nitrogens with two attached hydrogens (primary N) is 1. The van der Waals surface area contributed by atoms with Gasteiger partial charge in [-0.1, -0.05) is 5.92 Å². The zero-order valence-corrected chi connectivity index (χ0v) is 5.68. The molecule has 0 aliphatic rings. The Kier molecular flexibility index (Phi) is 4.08. The molecular weight excluding hydrogens is 148 g/mol. The number of primary amides is 1. The largest absolute Gasteiger partial charge is 0.350 e. The molecule has 0 radical (unpaired) electrons. The monoisotopic (exact) mass is 156 g/mol. The average molecular weight is 156 g/mol. The second-order valence-electron chi connectivity index (χ2n) is 1.50. The maximum atomic E-state index is 10.5. The van der Waals surface area contributed by atoms with Gasteiger partial charge in [0.25, 0.3) is 0 Å². The Morgan fingerprint density at radius 2 is 2.09 bits per heavy atom. The third-order valence-electron chi connectivity index (χ3n) is 0.650. The topological polar surface area (TPSA) is 96.2 Å². The normalized spacial score (nSPS) is 7.55. The van der Waals surface area contributed by atoms with Crippen molar-refractivity contribution in [1.82, 2.24) is 16.2 Å². The molecule has 0 atom stereocenters. The van der Waals surface area contributed by atoms with Gasteiger partial charge < -0.3 is 11.1 Å². The van der Waals surface area contributed by atoms with E-state index >= 15 is 0 Å². The zero-order chi connectivity index (χ0) is 8.69. The summed E-state index contributed by atoms with van der Waals surface area (Å²) >= 11 is 0. The van der Waals surface area contributed by atoms with Crippen LogP contribution in [0.2, 0.25) is 0 Å². The van der Waals surface area contributed by atoms with Crippen LogP contribution >= 0.6 is 0 Å². The number of hydrogen-bond donors (Lipinski definition) is 4. The number of nitrogens with one attached hydrogen (secondary N) is 3. The summed E-state index contributed by atoms with van der Waals surface area (Å²) in [6.45, 7) is 0.0896. The first kappa shape index (κ1) is 9.10. The van der Waals surface area contributed by atoms with Crippen molar-refractivity contribution in [1.29, 1.82) is 0 Å². The maximum absolute atomic E-state index is 10.5. The Morgan fingerprint density at radius 1 is 1.45 bits per heavy atom. The molecular formula is C5H8N4O2. The average Bonchev–Trinajstić information content (AvgIpc) is 1.97. The van der Waals surface area contributed by atoms with Gasteiger partial charge in [-0.15, -0.1) is 6.42 Å². The molecule has 6 nitrogen and oxygen atoms in total. The molecule has 6 heteroatoms. The third kappa shape index (κ3) is 5.98. The van der Waals surface area contributed by atoms with Crippen LogP contribution in [0, 0.1) is 12.3 Å². The van der Waals surface area contributed by atoms with Gasteiger partial charge in [-0.3, -0.25) is 0 Å². The Labute approximate surface area is 63.5 Å². The standard InChI is InChI=1S/C5H8N4O2/c1-2-3-7-5(11)9-8-4(6)10/h1H,3H2,(H3,6,8,10)(H2,7,9,11). The van der Waals surface area contributed by atoms with Crippen molar-refractivity contribution in [2.24, 2.45) is 5.73 Å². The summed E-state index contributed by atoms with van der Waals surface area (Å²) in [5.74, 6) is 2.17. The lowest BCUT2D eigenvalue weighted by Crippen LogP contribution is -2.48. The van der Waals surface area contributed by atoms with Gasteiger partial charge in [0.15, 0.2) is 0 Å². The number of terminal acetylenes is 1. The number of hydrazine groups is 1. The highest BCUT2D eigenvalue weighted by Crippen LogP contribution is 1.59. The fourth-order valence-corrected chi connectivity index (χ4v) is 0.294. The Bertz CT molecular complexity index is 195. The van der Waals surface area contributed by atoms with Gasteiger partial charge >= 0.3 is 12.1 Å². The molecule has 5 N–H and O–H groups in total. The SMILES string of the molecule is C#CCNC(=O)NNC(N)=O. The van der Waals surface area contributed by atoms with E-state index in [-0.39, 0.29) is 6.54 Å². The lowest BCUT2D eigenvalue weighted by molar-refractivity contribution is 0.229. The predicted octanol–water partition coefficient (Wildman–Crippen LogP) is -1.50. The minimum Gasteiger partial charge on any atom is -0.350 e. The molecule has 0 aromatic rings. The van der Waals surface area contributed by atoms with Crippen molar-refractivity contribution in [2.75, 3.05) is 6.54 Å². The first-order chi connectivity index (χ1) is 5.16. The first-order valence-corrected chi connectivity index (χ1v) is 2.69. The van der Waals surface area contributed by atoms with E-state index in [1.807, 2.05) is 10.9 Å². The number of hydrogen-bond acceptors (Lipinski definition) is 2. The van der Waals surface area contributed by atoms with Crippen molar-refractivity contribution in [3.8, 4) is 12.3 Å². The summed E-state index contributed by atoms with van der Waals surface area (Å²) in [7, 11) is 0. The third-order valence-corrected chi connectivity index (χ3v) is 0.650. The quantitative estimate of drug-likeness (QED) is 0.274. The van der Waals surface area contributed by atoms with Crippen LogP contribution < -0.4 is 21.9 Å². The summed E-state index contributed by atoms with van der Waals surface area (Å²) in [6, 6.07) is -1.46. The first-order valence-electron chi connectivity index (χ1n) is 2.69. The van der Waals surface area contributed by atoms with Gasteiger partial charge in [-0.2, -0.15) is 0 Å². The zero-order valence-electron chi connectivity index (χ0n) is 5.68. The molecule has 60 valence electrons. The molecule has 0 unspecified atom stereocenters. The highest BCUT2D eigenvalue weighted by atomic mass is 16.2. The summed E-state index contributed by atoms with van der Waals surface area (Å²) in [5, 5.41) is 2.23. The molecule has 0 fully saturated rings. The molecule has 0 saturated heterocycles. The molecule has 4 amide bonds. The van der Waals surface area contributed by atoms with Gasteiger partial charge in [0.05, 0.1) is 6.54 Å². The second kappa shape index (κ2) is 4.93. The Morgan fingerprint density at radius 3 is 2.55 bits per heavy atom. The van der Waals surface area contributed by atoms with Gasteiger partial charge in [-0.05, 0) is 0 Å². The highest BCUT2D eigenvalue weighted by Gasteiger charge is 1.96. The van der Waals surface area contributed by atoms with Crippen molar-refractivity contribution >= 4 is 12.1 Å². The van der Waals surface area contributed by atoms with Crippen LogP contribution in [0.5, 0.6) is 0 Å². The van der Waals surface area contributed by atoms with E-state index in [2.05, 4.69) is 17.0 Å². The maximum Gasteiger partial charge on any atom is 0.334 e. The van der Waals surface area contributed by atoms with Crippen molar-refractivity contribution < 1.29 is 9.59 Å². The van der Waals surface area contributed by atoms with Crippen LogP contribution in [0.25, 0.3) is 0 Å². The van der Waals surface area contributed by atoms with Crippen LogP contribution in [0.3, 0.4) is 0 Å². The molecule has 11 heavy (non-hydrogen) atoms. The Hall–Kier alpha value is -1.90. The van der Waals surface area contributed by atoms with Crippen LogP contribution in [-0.4, -0.2) is 18.6 Å². The van der Waals surface area contributed by atoms with Gasteiger partial charge in [-0.25, -0.2) is 20.4 Å². The van der Waals surface area contributed by atoms with Crippen LogP contribution in [0.15, 0.2) is 0 Å². The minimum absolute atomic E-state index is 0.0896. The molecule has 0 aromatic heterocycles. The van der Waals surface area contributed by atoms with Crippen LogP contribution in [0.1, 0.15) is 0 Å². The summed E-state index contributed by atoms with van der Waals surface area (Å²) < 4.78 is 0. The number of carbonyl (C=O) groups is 2. The smallest absolute Gasteiger partial charge is 0.334 e. The van der Waals surface area contributed by atoms with E-state index in [9.17, 15) is 9.59 Å². The molecule has 0 rings (SSSR count). The second-order valence-corrected chi connectivity index (χ2v) is 1.50. The van der Waals surface area contributed by atoms with E-state index in [0.29, 0.717) is 0 Å². The molecule has 0 aliphatic carbocycles. The molecule has 0 saturated carbocycles. The number of amides is 4. The van der Waals surface area contributed by atoms with E-state index in [4.69, 9.17) is 6.42 Å². The van der Waals surface area contributed by atoms with E-state index < -0.39 is 12.1 Å². The van der Waals surface area contributed by atoms with Crippen molar-refractivity contribution in [3.63, 3.8) is 0 Å². The van der Waals surface area contributed by atoms with Crippen LogP contribution in [0.4, 0.5) is 9.59 Å². The van der Waals surface area contributed by atoms with Gasteiger partial charge in [0.2, 0.25) is 0 Å². The van der Waals surface area contributed by atoms with Crippen molar-refractivity contribution in [3.05, 3.63) is 0 Å². The summed E-state index contributed by atoms with van der Waals surface area (Å²) in [4.78, 5) is 20.5. The van der Waals surface area contributed by atoms with E-state index in [1.165, 1.54) is 0 Å². The number of urea groups is 2. The minimum atomic E-state index is -0.846. The number of rotatable bonds is 1. The molecule has 0 spiro atoms. The molecule has 0 heterocycles. The summed E-state index contributed by atoms with van der Waals surface area (Å²) in [5.41, 5.74) is 8.45. The molecule has 0 aromatic carbocycles. The number of carbonyl (C=O) groups excluding carboxylic acids is 2. The van der Waals surface area contributed by atoms with E-state index in [0.717, 1.165) is 0 Å². The fourth-order valence-electron chi connectivity index (χ4n) is 0.294. The fraction of sp³-hybridized carbons (Fsp3) is 0.200. The Balaban J connectivity index is 3.39. The lowest BCUT2D eigenvalue weighted by atomic mass is 10.7. The lowest BCUT2D eigenvalue weighted by Gasteiger charge is -2.03.